The number of nitrogens with zero attached hydrogens (tertiary/aromatic N) is 2. The lowest BCUT2D eigenvalue weighted by Gasteiger charge is -2.18. The summed E-state index contributed by atoms with van der Waals surface area (Å²) < 4.78 is 0.864. The molecule has 0 radical (unpaired) electrons. The Kier molecular flexibility index (Phi) is 5.68. The Hall–Kier alpha value is -2.56. The number of halogens is 1. The van der Waals surface area contributed by atoms with Crippen LogP contribution in [0.3, 0.4) is 0 Å². The SMILES string of the molecule is Cc1ccccc1C[C@@H]1S/C(=C(\C#N)C(N)=O)N(c2ccc(Br)cc2)C1=O. The van der Waals surface area contributed by atoms with E-state index in [1.807, 2.05) is 37.3 Å². The van der Waals surface area contributed by atoms with Crippen molar-refractivity contribution in [3.8, 4) is 6.07 Å². The van der Waals surface area contributed by atoms with Gasteiger partial charge in [0.1, 0.15) is 16.7 Å². The molecular weight excluding hydrogens is 426 g/mol. The predicted molar refractivity (Wildman–Crippen MR) is 110 cm³/mol. The molecule has 0 aliphatic carbocycles. The Bertz CT molecular complexity index is 979. The zero-order valence-electron chi connectivity index (χ0n) is 14.5. The van der Waals surface area contributed by atoms with Gasteiger partial charge in [0.05, 0.1) is 5.25 Å². The molecule has 0 saturated carbocycles. The fourth-order valence-corrected chi connectivity index (χ4v) is 4.43. The average Bonchev–Trinajstić information content (AvgIpc) is 2.94. The lowest BCUT2D eigenvalue weighted by molar-refractivity contribution is -0.117. The predicted octanol–water partition coefficient (Wildman–Crippen LogP) is 3.67. The summed E-state index contributed by atoms with van der Waals surface area (Å²) in [6.45, 7) is 1.99. The second-order valence-electron chi connectivity index (χ2n) is 6.04. The van der Waals surface area contributed by atoms with Crippen LogP contribution in [0.2, 0.25) is 0 Å². The summed E-state index contributed by atoms with van der Waals surface area (Å²) in [6.07, 6.45) is 0.504. The minimum atomic E-state index is -0.841. The van der Waals surface area contributed by atoms with Crippen LogP contribution in [0.25, 0.3) is 0 Å². The van der Waals surface area contributed by atoms with Crippen molar-refractivity contribution in [2.75, 3.05) is 4.90 Å². The van der Waals surface area contributed by atoms with Gasteiger partial charge < -0.3 is 5.73 Å². The number of primary amides is 1. The van der Waals surface area contributed by atoms with Gasteiger partial charge in [-0.3, -0.25) is 14.5 Å². The molecular formula is C20H16BrN3O2S. The van der Waals surface area contributed by atoms with Gasteiger partial charge in [0, 0.05) is 10.2 Å². The Morgan fingerprint density at radius 3 is 2.52 bits per heavy atom. The Morgan fingerprint density at radius 2 is 1.93 bits per heavy atom. The number of carbonyl (C=O) groups is 2. The highest BCUT2D eigenvalue weighted by Gasteiger charge is 2.40. The van der Waals surface area contributed by atoms with E-state index >= 15 is 0 Å². The molecule has 2 aromatic carbocycles. The Morgan fingerprint density at radius 1 is 1.26 bits per heavy atom. The van der Waals surface area contributed by atoms with E-state index in [9.17, 15) is 14.9 Å². The highest BCUT2D eigenvalue weighted by atomic mass is 79.9. The van der Waals surface area contributed by atoms with Crippen molar-refractivity contribution in [1.29, 1.82) is 5.26 Å². The number of aryl methyl sites for hydroxylation is 1. The maximum absolute atomic E-state index is 13.2. The van der Waals surface area contributed by atoms with Gasteiger partial charge in [-0.2, -0.15) is 5.26 Å². The third-order valence-corrected chi connectivity index (χ3v) is 6.07. The fourth-order valence-electron chi connectivity index (χ4n) is 2.86. The molecule has 1 fully saturated rings. The zero-order valence-corrected chi connectivity index (χ0v) is 16.9. The molecule has 0 unspecified atom stereocenters. The van der Waals surface area contributed by atoms with E-state index in [1.54, 1.807) is 24.3 Å². The second-order valence-corrected chi connectivity index (χ2v) is 8.15. The number of rotatable bonds is 4. The lowest BCUT2D eigenvalue weighted by atomic mass is 10.0. The van der Waals surface area contributed by atoms with Crippen LogP contribution in [0.4, 0.5) is 5.69 Å². The van der Waals surface area contributed by atoms with Gasteiger partial charge in [0.2, 0.25) is 5.91 Å². The van der Waals surface area contributed by atoms with Gasteiger partial charge in [-0.05, 0) is 48.7 Å². The van der Waals surface area contributed by atoms with Crippen LogP contribution >= 0.6 is 27.7 Å². The van der Waals surface area contributed by atoms with Gasteiger partial charge in [-0.15, -0.1) is 0 Å². The van der Waals surface area contributed by atoms with Crippen LogP contribution in [0, 0.1) is 18.3 Å². The molecule has 136 valence electrons. The third-order valence-electron chi connectivity index (χ3n) is 4.28. The number of hydrogen-bond donors (Lipinski definition) is 1. The number of anilines is 1. The molecule has 2 aromatic rings. The Balaban J connectivity index is 2.05. The van der Waals surface area contributed by atoms with Crippen LogP contribution in [0.5, 0.6) is 0 Å². The number of nitriles is 1. The van der Waals surface area contributed by atoms with Crippen LogP contribution in [-0.4, -0.2) is 17.1 Å². The molecule has 1 aliphatic heterocycles. The molecule has 1 aliphatic rings. The minimum absolute atomic E-state index is 0.172. The second kappa shape index (κ2) is 7.99. The van der Waals surface area contributed by atoms with Crippen molar-refractivity contribution >= 4 is 45.2 Å². The molecule has 1 heterocycles. The van der Waals surface area contributed by atoms with Crippen molar-refractivity contribution in [3.05, 3.63) is 74.7 Å². The maximum Gasteiger partial charge on any atom is 0.262 e. The van der Waals surface area contributed by atoms with E-state index in [4.69, 9.17) is 5.73 Å². The van der Waals surface area contributed by atoms with E-state index in [1.165, 1.54) is 16.7 Å². The summed E-state index contributed by atoms with van der Waals surface area (Å²) >= 11 is 4.58. The summed E-state index contributed by atoms with van der Waals surface area (Å²) in [7, 11) is 0. The zero-order chi connectivity index (χ0) is 19.6. The van der Waals surface area contributed by atoms with Gasteiger partial charge in [0.25, 0.3) is 5.91 Å². The van der Waals surface area contributed by atoms with E-state index in [0.29, 0.717) is 12.1 Å². The number of carbonyl (C=O) groups excluding carboxylic acids is 2. The van der Waals surface area contributed by atoms with Crippen molar-refractivity contribution < 1.29 is 9.59 Å². The number of nitrogens with two attached hydrogens (primary N) is 1. The highest BCUT2D eigenvalue weighted by molar-refractivity contribution is 9.10. The van der Waals surface area contributed by atoms with Gasteiger partial charge in [0.15, 0.2) is 0 Å². The van der Waals surface area contributed by atoms with E-state index in [2.05, 4.69) is 15.9 Å². The van der Waals surface area contributed by atoms with Crippen LogP contribution in [-0.2, 0) is 16.0 Å². The molecule has 0 bridgehead atoms. The van der Waals surface area contributed by atoms with Crippen molar-refractivity contribution in [1.82, 2.24) is 0 Å². The average molecular weight is 442 g/mol. The van der Waals surface area contributed by atoms with Crippen molar-refractivity contribution in [2.45, 2.75) is 18.6 Å². The molecule has 27 heavy (non-hydrogen) atoms. The summed E-state index contributed by atoms with van der Waals surface area (Å²) in [5.41, 5.74) is 7.91. The van der Waals surface area contributed by atoms with Gasteiger partial charge >= 0.3 is 0 Å². The first-order valence-corrected chi connectivity index (χ1v) is 9.84. The number of amides is 2. The summed E-state index contributed by atoms with van der Waals surface area (Å²) in [4.78, 5) is 26.3. The van der Waals surface area contributed by atoms with Crippen LogP contribution < -0.4 is 10.6 Å². The quantitative estimate of drug-likeness (QED) is 0.578. The normalized spacial score (nSPS) is 18.3. The standard InChI is InChI=1S/C20H16BrN3O2S/c1-12-4-2-3-5-13(12)10-17-19(26)24(15-8-6-14(21)7-9-15)20(27-17)16(11-22)18(23)25/h2-9,17H,10H2,1H3,(H2,23,25)/b20-16+/t17-/m0/s1. The summed E-state index contributed by atoms with van der Waals surface area (Å²) in [5, 5.41) is 9.25. The minimum Gasteiger partial charge on any atom is -0.365 e. The Labute approximate surface area is 170 Å². The fraction of sp³-hybridized carbons (Fsp3) is 0.150. The molecule has 1 atom stereocenters. The van der Waals surface area contributed by atoms with Crippen molar-refractivity contribution in [2.24, 2.45) is 5.73 Å². The van der Waals surface area contributed by atoms with Crippen LogP contribution in [0.1, 0.15) is 11.1 Å². The first kappa shape index (κ1) is 19.2. The molecule has 1 saturated heterocycles. The number of benzene rings is 2. The van der Waals surface area contributed by atoms with E-state index < -0.39 is 11.2 Å². The maximum atomic E-state index is 13.2. The molecule has 2 N–H and O–H groups in total. The topological polar surface area (TPSA) is 87.2 Å². The molecule has 3 rings (SSSR count). The number of hydrogen-bond acceptors (Lipinski definition) is 4. The smallest absolute Gasteiger partial charge is 0.262 e. The molecule has 0 spiro atoms. The van der Waals surface area contributed by atoms with E-state index in [0.717, 1.165) is 15.6 Å². The largest absolute Gasteiger partial charge is 0.365 e. The van der Waals surface area contributed by atoms with Gasteiger partial charge in [-0.1, -0.05) is 52.0 Å². The lowest BCUT2D eigenvalue weighted by Crippen LogP contribution is -2.31. The summed E-state index contributed by atoms with van der Waals surface area (Å²) in [5.74, 6) is -1.01. The summed E-state index contributed by atoms with van der Waals surface area (Å²) in [6, 6.07) is 16.8. The third kappa shape index (κ3) is 3.92. The van der Waals surface area contributed by atoms with E-state index in [-0.39, 0.29) is 16.5 Å². The monoisotopic (exact) mass is 441 g/mol. The molecule has 0 aromatic heterocycles. The van der Waals surface area contributed by atoms with Crippen molar-refractivity contribution in [3.63, 3.8) is 0 Å². The highest BCUT2D eigenvalue weighted by Crippen LogP contribution is 2.42. The number of thioether (sulfide) groups is 1. The van der Waals surface area contributed by atoms with Crippen LogP contribution in [0.15, 0.2) is 63.6 Å². The molecule has 2 amide bonds. The molecule has 5 nitrogen and oxygen atoms in total. The van der Waals surface area contributed by atoms with Gasteiger partial charge in [-0.25, -0.2) is 0 Å². The first-order chi connectivity index (χ1) is 12.9. The molecule has 7 heteroatoms. The first-order valence-electron chi connectivity index (χ1n) is 8.17.